The van der Waals surface area contributed by atoms with Gasteiger partial charge in [-0.1, -0.05) is 29.8 Å². The number of piperazine rings is 1. The highest BCUT2D eigenvalue weighted by Crippen LogP contribution is 2.20. The number of anilines is 3. The lowest BCUT2D eigenvalue weighted by molar-refractivity contribution is 0.102. The van der Waals surface area contributed by atoms with Crippen molar-refractivity contribution in [2.45, 2.75) is 0 Å². The first kappa shape index (κ1) is 18.3. The van der Waals surface area contributed by atoms with Crippen LogP contribution >= 0.6 is 11.6 Å². The largest absolute Gasteiger partial charge is 0.368 e. The van der Waals surface area contributed by atoms with Crippen molar-refractivity contribution in [2.24, 2.45) is 0 Å². The van der Waals surface area contributed by atoms with Gasteiger partial charge in [0, 0.05) is 42.6 Å². The molecule has 1 aliphatic heterocycles. The maximum absolute atomic E-state index is 12.4. The zero-order valence-corrected chi connectivity index (χ0v) is 16.1. The predicted octanol–water partition coefficient (Wildman–Crippen LogP) is 4.31. The standard InChI is InChI=1S/C22H21ClN4O/c23-17-6-8-18(9-7-17)25-22(28)21-11-10-20(16-24-21)27-14-12-26(13-15-27)19-4-2-1-3-5-19/h1-11,16H,12-15H2,(H,25,28). The summed E-state index contributed by atoms with van der Waals surface area (Å²) >= 11 is 5.87. The molecule has 6 heteroatoms. The number of nitrogens with zero attached hydrogens (tertiary/aromatic N) is 3. The van der Waals surface area contributed by atoms with Gasteiger partial charge in [-0.3, -0.25) is 4.79 Å². The molecule has 0 saturated carbocycles. The van der Waals surface area contributed by atoms with E-state index in [1.165, 1.54) is 5.69 Å². The molecule has 4 rings (SSSR count). The Kier molecular flexibility index (Phi) is 5.44. The van der Waals surface area contributed by atoms with Crippen LogP contribution in [0.3, 0.4) is 0 Å². The Morgan fingerprint density at radius 1 is 0.821 bits per heavy atom. The summed E-state index contributed by atoms with van der Waals surface area (Å²) in [5, 5.41) is 3.46. The maximum Gasteiger partial charge on any atom is 0.274 e. The van der Waals surface area contributed by atoms with Gasteiger partial charge < -0.3 is 15.1 Å². The van der Waals surface area contributed by atoms with E-state index in [2.05, 4.69) is 44.4 Å². The molecule has 1 aliphatic rings. The molecule has 3 aromatic rings. The number of aromatic nitrogens is 1. The summed E-state index contributed by atoms with van der Waals surface area (Å²) < 4.78 is 0. The highest BCUT2D eigenvalue weighted by molar-refractivity contribution is 6.30. The number of pyridine rings is 1. The second-order valence-electron chi connectivity index (χ2n) is 6.67. The monoisotopic (exact) mass is 392 g/mol. The van der Waals surface area contributed by atoms with Crippen molar-refractivity contribution in [3.63, 3.8) is 0 Å². The molecule has 0 aliphatic carbocycles. The number of hydrogen-bond donors (Lipinski definition) is 1. The van der Waals surface area contributed by atoms with E-state index >= 15 is 0 Å². The van der Waals surface area contributed by atoms with E-state index in [9.17, 15) is 4.79 Å². The second kappa shape index (κ2) is 8.31. The molecular formula is C22H21ClN4O. The van der Waals surface area contributed by atoms with E-state index in [1.807, 2.05) is 12.1 Å². The minimum atomic E-state index is -0.234. The Balaban J connectivity index is 1.36. The molecule has 0 bridgehead atoms. The molecule has 0 spiro atoms. The number of hydrogen-bond acceptors (Lipinski definition) is 4. The molecule has 1 amide bonds. The Morgan fingerprint density at radius 3 is 2.07 bits per heavy atom. The number of halogens is 1. The van der Waals surface area contributed by atoms with Crippen LogP contribution in [0, 0.1) is 0 Å². The predicted molar refractivity (Wildman–Crippen MR) is 115 cm³/mol. The minimum Gasteiger partial charge on any atom is -0.368 e. The lowest BCUT2D eigenvalue weighted by Gasteiger charge is -2.37. The van der Waals surface area contributed by atoms with Crippen LogP contribution in [0.5, 0.6) is 0 Å². The topological polar surface area (TPSA) is 48.5 Å². The summed E-state index contributed by atoms with van der Waals surface area (Å²) in [4.78, 5) is 21.4. The molecular weight excluding hydrogens is 372 g/mol. The van der Waals surface area contributed by atoms with Crippen molar-refractivity contribution >= 4 is 34.6 Å². The van der Waals surface area contributed by atoms with Crippen molar-refractivity contribution in [3.8, 4) is 0 Å². The smallest absolute Gasteiger partial charge is 0.274 e. The number of amides is 1. The van der Waals surface area contributed by atoms with E-state index in [1.54, 1.807) is 36.5 Å². The summed E-state index contributed by atoms with van der Waals surface area (Å²) in [7, 11) is 0. The van der Waals surface area contributed by atoms with E-state index < -0.39 is 0 Å². The van der Waals surface area contributed by atoms with Crippen LogP contribution in [-0.2, 0) is 0 Å². The first-order chi connectivity index (χ1) is 13.7. The number of para-hydroxylation sites is 1. The van der Waals surface area contributed by atoms with Crippen molar-refractivity contribution in [3.05, 3.63) is 83.6 Å². The van der Waals surface area contributed by atoms with Crippen molar-refractivity contribution in [2.75, 3.05) is 41.3 Å². The minimum absolute atomic E-state index is 0.234. The summed E-state index contributed by atoms with van der Waals surface area (Å²) in [6.45, 7) is 3.77. The highest BCUT2D eigenvalue weighted by atomic mass is 35.5. The lowest BCUT2D eigenvalue weighted by atomic mass is 10.2. The second-order valence-corrected chi connectivity index (χ2v) is 7.11. The van der Waals surface area contributed by atoms with Crippen LogP contribution in [0.2, 0.25) is 5.02 Å². The number of carbonyl (C=O) groups is 1. The van der Waals surface area contributed by atoms with Crippen molar-refractivity contribution < 1.29 is 4.79 Å². The van der Waals surface area contributed by atoms with Crippen molar-refractivity contribution in [1.82, 2.24) is 4.98 Å². The van der Waals surface area contributed by atoms with Crippen LogP contribution in [-0.4, -0.2) is 37.1 Å². The Bertz CT molecular complexity index is 921. The SMILES string of the molecule is O=C(Nc1ccc(Cl)cc1)c1ccc(N2CCN(c3ccccc3)CC2)cn1. The zero-order chi connectivity index (χ0) is 19.3. The molecule has 1 saturated heterocycles. The van der Waals surface area contributed by atoms with Gasteiger partial charge in [0.05, 0.1) is 11.9 Å². The van der Waals surface area contributed by atoms with Crippen LogP contribution in [0.4, 0.5) is 17.1 Å². The first-order valence-electron chi connectivity index (χ1n) is 9.27. The summed E-state index contributed by atoms with van der Waals surface area (Å²) in [5.41, 5.74) is 3.38. The fourth-order valence-corrected chi connectivity index (χ4v) is 3.42. The van der Waals surface area contributed by atoms with Gasteiger partial charge >= 0.3 is 0 Å². The molecule has 0 unspecified atom stereocenters. The Hall–Kier alpha value is -3.05. The molecule has 142 valence electrons. The molecule has 2 aromatic carbocycles. The van der Waals surface area contributed by atoms with E-state index in [0.717, 1.165) is 31.9 Å². The normalized spacial score (nSPS) is 14.0. The highest BCUT2D eigenvalue weighted by Gasteiger charge is 2.18. The van der Waals surface area contributed by atoms with Crippen LogP contribution in [0.15, 0.2) is 72.9 Å². The number of benzene rings is 2. The third-order valence-electron chi connectivity index (χ3n) is 4.85. The van der Waals surface area contributed by atoms with Gasteiger partial charge in [0.2, 0.25) is 0 Å². The lowest BCUT2D eigenvalue weighted by Crippen LogP contribution is -2.46. The molecule has 0 radical (unpaired) electrons. The van der Waals surface area contributed by atoms with E-state index in [0.29, 0.717) is 16.4 Å². The molecule has 5 nitrogen and oxygen atoms in total. The van der Waals surface area contributed by atoms with Crippen molar-refractivity contribution in [1.29, 1.82) is 0 Å². The summed E-state index contributed by atoms with van der Waals surface area (Å²) in [5.74, 6) is -0.234. The molecule has 1 aromatic heterocycles. The first-order valence-corrected chi connectivity index (χ1v) is 9.65. The molecule has 0 atom stereocenters. The van der Waals surface area contributed by atoms with Gasteiger partial charge in [-0.25, -0.2) is 4.98 Å². The summed E-state index contributed by atoms with van der Waals surface area (Å²) in [6.07, 6.45) is 1.77. The summed E-state index contributed by atoms with van der Waals surface area (Å²) in [6, 6.07) is 21.2. The maximum atomic E-state index is 12.4. The fraction of sp³-hybridized carbons (Fsp3) is 0.182. The Labute approximate surface area is 169 Å². The molecule has 1 N–H and O–H groups in total. The quantitative estimate of drug-likeness (QED) is 0.718. The van der Waals surface area contributed by atoms with Gasteiger partial charge in [-0.15, -0.1) is 0 Å². The van der Waals surface area contributed by atoms with Gasteiger partial charge in [-0.2, -0.15) is 0 Å². The third kappa shape index (κ3) is 4.26. The molecule has 1 fully saturated rings. The van der Waals surface area contributed by atoms with Gasteiger partial charge in [-0.05, 0) is 48.5 Å². The third-order valence-corrected chi connectivity index (χ3v) is 5.10. The Morgan fingerprint density at radius 2 is 1.46 bits per heavy atom. The van der Waals surface area contributed by atoms with Gasteiger partial charge in [0.1, 0.15) is 5.69 Å². The zero-order valence-electron chi connectivity index (χ0n) is 15.4. The average Bonchev–Trinajstić information content (AvgIpc) is 2.76. The fourth-order valence-electron chi connectivity index (χ4n) is 3.30. The number of rotatable bonds is 4. The van der Waals surface area contributed by atoms with E-state index in [4.69, 9.17) is 11.6 Å². The number of nitrogens with one attached hydrogen (secondary N) is 1. The van der Waals surface area contributed by atoms with Crippen LogP contribution in [0.1, 0.15) is 10.5 Å². The van der Waals surface area contributed by atoms with E-state index in [-0.39, 0.29) is 5.91 Å². The van der Waals surface area contributed by atoms with Crippen LogP contribution < -0.4 is 15.1 Å². The van der Waals surface area contributed by atoms with Crippen LogP contribution in [0.25, 0.3) is 0 Å². The number of carbonyl (C=O) groups excluding carboxylic acids is 1. The van der Waals surface area contributed by atoms with Gasteiger partial charge in [0.25, 0.3) is 5.91 Å². The molecule has 2 heterocycles. The molecule has 28 heavy (non-hydrogen) atoms. The average molecular weight is 393 g/mol. The van der Waals surface area contributed by atoms with Gasteiger partial charge in [0.15, 0.2) is 0 Å².